The Bertz CT molecular complexity index is 889. The summed E-state index contributed by atoms with van der Waals surface area (Å²) in [5.74, 6) is -1.05. The Hall–Kier alpha value is -2.70. The van der Waals surface area contributed by atoms with Crippen LogP contribution < -0.4 is 0 Å². The van der Waals surface area contributed by atoms with Crippen molar-refractivity contribution in [2.45, 2.75) is 78.4 Å². The molecule has 6 nitrogen and oxygen atoms in total. The van der Waals surface area contributed by atoms with Crippen LogP contribution in [0, 0.1) is 13.8 Å². The second-order valence-corrected chi connectivity index (χ2v) is 8.72. The first-order chi connectivity index (χ1) is 15.2. The van der Waals surface area contributed by atoms with E-state index in [1.807, 2.05) is 39.8 Å². The molecule has 174 valence electrons. The van der Waals surface area contributed by atoms with Crippen molar-refractivity contribution in [3.8, 4) is 0 Å². The summed E-state index contributed by atoms with van der Waals surface area (Å²) in [7, 11) is 0. The maximum atomic E-state index is 12.3. The number of hydrogen-bond donors (Lipinski definition) is 0. The van der Waals surface area contributed by atoms with Crippen molar-refractivity contribution in [3.05, 3.63) is 70.8 Å². The average molecular weight is 443 g/mol. The minimum Gasteiger partial charge on any atom is -0.293 e. The van der Waals surface area contributed by atoms with E-state index in [9.17, 15) is 9.59 Å². The molecule has 0 N–H and O–H groups in total. The van der Waals surface area contributed by atoms with Crippen molar-refractivity contribution in [1.82, 2.24) is 0 Å². The third-order valence-corrected chi connectivity index (χ3v) is 5.06. The Balaban J connectivity index is 1.86. The maximum absolute atomic E-state index is 12.3. The molecule has 1 unspecified atom stereocenters. The lowest BCUT2D eigenvalue weighted by molar-refractivity contribution is -0.314. The van der Waals surface area contributed by atoms with Crippen LogP contribution in [0.15, 0.2) is 48.5 Å². The van der Waals surface area contributed by atoms with E-state index in [2.05, 4.69) is 6.92 Å². The number of benzene rings is 2. The molecule has 0 saturated carbocycles. The quantitative estimate of drug-likeness (QED) is 0.284. The largest absolute Gasteiger partial charge is 0.373 e. The molecular weight excluding hydrogens is 408 g/mol. The molecule has 1 atom stereocenters. The Kier molecular flexibility index (Phi) is 9.88. The molecule has 0 saturated heterocycles. The van der Waals surface area contributed by atoms with E-state index < -0.39 is 17.5 Å². The molecule has 2 aromatic carbocycles. The van der Waals surface area contributed by atoms with Crippen LogP contribution in [0.1, 0.15) is 84.7 Å². The molecule has 0 radical (unpaired) electrons. The van der Waals surface area contributed by atoms with Crippen LogP contribution >= 0.6 is 0 Å². The predicted molar refractivity (Wildman–Crippen MR) is 122 cm³/mol. The van der Waals surface area contributed by atoms with Gasteiger partial charge in [-0.05, 0) is 71.2 Å². The number of hydrogen-bond acceptors (Lipinski definition) is 6. The van der Waals surface area contributed by atoms with Crippen LogP contribution in [0.25, 0.3) is 0 Å². The zero-order valence-electron chi connectivity index (χ0n) is 19.7. The molecular formula is C26H34O6. The van der Waals surface area contributed by atoms with E-state index >= 15 is 0 Å². The molecule has 0 aromatic heterocycles. The highest BCUT2D eigenvalue weighted by Gasteiger charge is 2.26. The van der Waals surface area contributed by atoms with Crippen LogP contribution in [0.3, 0.4) is 0 Å². The summed E-state index contributed by atoms with van der Waals surface area (Å²) in [5.41, 5.74) is 2.10. The Morgan fingerprint density at radius 2 is 1.44 bits per heavy atom. The summed E-state index contributed by atoms with van der Waals surface area (Å²) in [6.45, 7) is 9.59. The fourth-order valence-electron chi connectivity index (χ4n) is 3.13. The van der Waals surface area contributed by atoms with Gasteiger partial charge in [-0.15, -0.1) is 0 Å². The highest BCUT2D eigenvalue weighted by Crippen LogP contribution is 2.23. The lowest BCUT2D eigenvalue weighted by atomic mass is 9.98. The Morgan fingerprint density at radius 1 is 0.875 bits per heavy atom. The zero-order chi connectivity index (χ0) is 23.6. The van der Waals surface area contributed by atoms with Gasteiger partial charge in [-0.2, -0.15) is 9.78 Å². The first kappa shape index (κ1) is 25.6. The summed E-state index contributed by atoms with van der Waals surface area (Å²) < 4.78 is 0. The summed E-state index contributed by atoms with van der Waals surface area (Å²) in [4.78, 5) is 45.6. The fraction of sp³-hybridized carbons (Fsp3) is 0.462. The van der Waals surface area contributed by atoms with Crippen molar-refractivity contribution in [1.29, 1.82) is 0 Å². The van der Waals surface area contributed by atoms with Gasteiger partial charge in [-0.3, -0.25) is 9.78 Å². The van der Waals surface area contributed by atoms with Gasteiger partial charge in [0.2, 0.25) is 0 Å². The normalized spacial score (nSPS) is 12.3. The molecule has 32 heavy (non-hydrogen) atoms. The Labute approximate surface area is 190 Å². The third kappa shape index (κ3) is 8.81. The number of carbonyl (C=O) groups excluding carboxylic acids is 2. The van der Waals surface area contributed by atoms with Gasteiger partial charge >= 0.3 is 11.9 Å². The van der Waals surface area contributed by atoms with Gasteiger partial charge in [0.25, 0.3) is 0 Å². The van der Waals surface area contributed by atoms with E-state index in [1.165, 1.54) is 0 Å². The second kappa shape index (κ2) is 12.4. The average Bonchev–Trinajstić information content (AvgIpc) is 2.76. The second-order valence-electron chi connectivity index (χ2n) is 8.72. The minimum atomic E-state index is -0.728. The van der Waals surface area contributed by atoms with Crippen molar-refractivity contribution in [2.24, 2.45) is 0 Å². The number of aryl methyl sites for hydroxylation is 2. The lowest BCUT2D eigenvalue weighted by Gasteiger charge is -2.25. The SMILES string of the molecule is CCCCC(CCC(C)(C)OOC(=O)c1cccc(C)c1)OOC(=O)c1cccc(C)c1. The van der Waals surface area contributed by atoms with Crippen LogP contribution in [-0.4, -0.2) is 23.6 Å². The van der Waals surface area contributed by atoms with Crippen LogP contribution in [0.4, 0.5) is 0 Å². The zero-order valence-corrected chi connectivity index (χ0v) is 19.7. The number of rotatable bonds is 12. The van der Waals surface area contributed by atoms with Crippen LogP contribution in [0.2, 0.25) is 0 Å². The van der Waals surface area contributed by atoms with Crippen molar-refractivity contribution in [2.75, 3.05) is 0 Å². The molecule has 0 amide bonds. The van der Waals surface area contributed by atoms with Gasteiger partial charge in [0.1, 0.15) is 11.7 Å². The molecule has 0 aliphatic rings. The molecule has 0 spiro atoms. The summed E-state index contributed by atoms with van der Waals surface area (Å²) in [5, 5.41) is 0. The van der Waals surface area contributed by atoms with Crippen molar-refractivity contribution >= 4 is 11.9 Å². The van der Waals surface area contributed by atoms with Gasteiger partial charge in [0, 0.05) is 0 Å². The summed E-state index contributed by atoms with van der Waals surface area (Å²) >= 11 is 0. The molecule has 2 aromatic rings. The number of unbranched alkanes of at least 4 members (excludes halogenated alkanes) is 1. The number of carbonyl (C=O) groups is 2. The fourth-order valence-corrected chi connectivity index (χ4v) is 3.13. The molecule has 0 fully saturated rings. The van der Waals surface area contributed by atoms with E-state index in [-0.39, 0.29) is 6.10 Å². The topological polar surface area (TPSA) is 71.1 Å². The third-order valence-electron chi connectivity index (χ3n) is 5.06. The summed E-state index contributed by atoms with van der Waals surface area (Å²) in [6, 6.07) is 14.3. The molecule has 0 heterocycles. The smallest absolute Gasteiger partial charge is 0.293 e. The highest BCUT2D eigenvalue weighted by atomic mass is 17.2. The summed E-state index contributed by atoms with van der Waals surface area (Å²) in [6.07, 6.45) is 3.53. The monoisotopic (exact) mass is 442 g/mol. The minimum absolute atomic E-state index is 0.279. The van der Waals surface area contributed by atoms with Gasteiger partial charge in [0.05, 0.1) is 11.1 Å². The van der Waals surface area contributed by atoms with Gasteiger partial charge in [-0.25, -0.2) is 9.59 Å². The van der Waals surface area contributed by atoms with E-state index in [0.29, 0.717) is 24.0 Å². The molecule has 6 heteroatoms. The van der Waals surface area contributed by atoms with Gasteiger partial charge < -0.3 is 0 Å². The van der Waals surface area contributed by atoms with Crippen molar-refractivity contribution < 1.29 is 29.1 Å². The predicted octanol–water partition coefficient (Wildman–Crippen LogP) is 6.30. The van der Waals surface area contributed by atoms with Gasteiger partial charge in [0.15, 0.2) is 0 Å². The molecule has 0 aliphatic heterocycles. The lowest BCUT2D eigenvalue weighted by Crippen LogP contribution is -2.29. The standard InChI is InChI=1S/C26H34O6/c1-6-7-14-23(29-30-24(27)21-12-8-10-19(2)17-21)15-16-26(4,5)32-31-25(28)22-13-9-11-20(3)18-22/h8-13,17-18,23H,6-7,14-16H2,1-5H3. The highest BCUT2D eigenvalue weighted by molar-refractivity contribution is 5.89. The van der Waals surface area contributed by atoms with Crippen LogP contribution in [-0.2, 0) is 19.6 Å². The van der Waals surface area contributed by atoms with E-state index in [0.717, 1.165) is 30.4 Å². The first-order valence-electron chi connectivity index (χ1n) is 11.1. The van der Waals surface area contributed by atoms with E-state index in [4.69, 9.17) is 19.6 Å². The molecule has 0 aliphatic carbocycles. The Morgan fingerprint density at radius 3 is 1.97 bits per heavy atom. The van der Waals surface area contributed by atoms with Crippen molar-refractivity contribution in [3.63, 3.8) is 0 Å². The first-order valence-corrected chi connectivity index (χ1v) is 11.1. The maximum Gasteiger partial charge on any atom is 0.373 e. The molecule has 0 bridgehead atoms. The van der Waals surface area contributed by atoms with Gasteiger partial charge in [-0.1, -0.05) is 55.2 Å². The van der Waals surface area contributed by atoms with E-state index in [1.54, 1.807) is 36.4 Å². The van der Waals surface area contributed by atoms with Crippen LogP contribution in [0.5, 0.6) is 0 Å². The molecule has 2 rings (SSSR count).